The first-order chi connectivity index (χ1) is 10.2. The molecule has 0 saturated heterocycles. The van der Waals surface area contributed by atoms with Crippen molar-refractivity contribution in [1.29, 1.82) is 0 Å². The second-order valence-electron chi connectivity index (χ2n) is 4.19. The summed E-state index contributed by atoms with van der Waals surface area (Å²) in [5.74, 6) is -0.344. The summed E-state index contributed by atoms with van der Waals surface area (Å²) in [6.07, 6.45) is 3.84. The third-order valence-electron chi connectivity index (χ3n) is 2.86. The van der Waals surface area contributed by atoms with E-state index in [1.54, 1.807) is 17.1 Å². The number of carbonyl (C=O) groups excluding carboxylic acids is 1. The molecule has 2 rings (SSSR count). The molecule has 0 fully saturated rings. The summed E-state index contributed by atoms with van der Waals surface area (Å²) in [5, 5.41) is 4.21. The van der Waals surface area contributed by atoms with Gasteiger partial charge in [0.25, 0.3) is 0 Å². The van der Waals surface area contributed by atoms with Crippen molar-refractivity contribution >= 4 is 5.97 Å². The van der Waals surface area contributed by atoms with E-state index in [9.17, 15) is 4.79 Å². The van der Waals surface area contributed by atoms with Gasteiger partial charge in [-0.1, -0.05) is 25.1 Å². The molecule has 0 amide bonds. The summed E-state index contributed by atoms with van der Waals surface area (Å²) in [7, 11) is 1.36. The molecule has 0 atom stereocenters. The Bertz CT molecular complexity index is 620. The molecule has 6 heteroatoms. The molecular formula is C15H17N3O3. The van der Waals surface area contributed by atoms with E-state index in [4.69, 9.17) is 4.74 Å². The molecule has 6 nitrogen and oxygen atoms in total. The van der Waals surface area contributed by atoms with E-state index in [0.717, 1.165) is 5.69 Å². The lowest BCUT2D eigenvalue weighted by molar-refractivity contribution is -0.136. The Morgan fingerprint density at radius 1 is 1.33 bits per heavy atom. The maximum atomic E-state index is 11.4. The van der Waals surface area contributed by atoms with E-state index in [1.165, 1.54) is 7.11 Å². The van der Waals surface area contributed by atoms with Crippen molar-refractivity contribution in [1.82, 2.24) is 14.8 Å². The largest absolute Gasteiger partial charge is 0.466 e. The number of para-hydroxylation sites is 1. The van der Waals surface area contributed by atoms with Crippen LogP contribution >= 0.6 is 0 Å². The minimum Gasteiger partial charge on any atom is -0.466 e. The lowest BCUT2D eigenvalue weighted by atomic mass is 10.2. The minimum atomic E-state index is -0.344. The van der Waals surface area contributed by atoms with Crippen molar-refractivity contribution in [3.05, 3.63) is 48.3 Å². The maximum Gasteiger partial charge on any atom is 0.336 e. The van der Waals surface area contributed by atoms with Crippen LogP contribution in [0.15, 0.2) is 48.3 Å². The van der Waals surface area contributed by atoms with Crippen molar-refractivity contribution in [2.75, 3.05) is 13.7 Å². The molecule has 0 saturated carbocycles. The summed E-state index contributed by atoms with van der Waals surface area (Å²) in [5.41, 5.74) is 1.47. The number of rotatable bonds is 6. The average molecular weight is 287 g/mol. The third-order valence-corrected chi connectivity index (χ3v) is 2.86. The Morgan fingerprint density at radius 2 is 2.10 bits per heavy atom. The number of esters is 1. The zero-order chi connectivity index (χ0) is 15.1. The van der Waals surface area contributed by atoms with Crippen LogP contribution in [-0.4, -0.2) is 34.5 Å². The van der Waals surface area contributed by atoms with E-state index in [1.807, 2.05) is 37.3 Å². The summed E-state index contributed by atoms with van der Waals surface area (Å²) < 4.78 is 11.7. The summed E-state index contributed by atoms with van der Waals surface area (Å²) in [6, 6.07) is 9.88. The number of nitrogens with zero attached hydrogens (tertiary/aromatic N) is 3. The molecule has 0 spiro atoms. The fourth-order valence-corrected chi connectivity index (χ4v) is 1.74. The monoisotopic (exact) mass is 287 g/mol. The van der Waals surface area contributed by atoms with Crippen molar-refractivity contribution < 1.29 is 14.3 Å². The van der Waals surface area contributed by atoms with Crippen molar-refractivity contribution in [3.8, 4) is 11.7 Å². The molecule has 21 heavy (non-hydrogen) atoms. The van der Waals surface area contributed by atoms with Crippen LogP contribution in [0.2, 0.25) is 0 Å². The molecular weight excluding hydrogens is 270 g/mol. The molecule has 1 heterocycles. The average Bonchev–Trinajstić information content (AvgIpc) is 3.00. The predicted molar refractivity (Wildman–Crippen MR) is 77.2 cm³/mol. The second kappa shape index (κ2) is 7.23. The molecule has 1 aromatic heterocycles. The van der Waals surface area contributed by atoms with Crippen LogP contribution in [0.5, 0.6) is 6.01 Å². The van der Waals surface area contributed by atoms with Crippen molar-refractivity contribution in [2.45, 2.75) is 13.3 Å². The molecule has 0 unspecified atom stereocenters. The smallest absolute Gasteiger partial charge is 0.336 e. The number of aromatic nitrogens is 3. The number of benzene rings is 1. The maximum absolute atomic E-state index is 11.4. The molecule has 0 aliphatic carbocycles. The quantitative estimate of drug-likeness (QED) is 0.601. The van der Waals surface area contributed by atoms with E-state index in [-0.39, 0.29) is 18.6 Å². The number of carbonyl (C=O) groups is 1. The van der Waals surface area contributed by atoms with Gasteiger partial charge in [0, 0.05) is 5.57 Å². The van der Waals surface area contributed by atoms with Gasteiger partial charge in [-0.15, -0.1) is 5.10 Å². The fourth-order valence-electron chi connectivity index (χ4n) is 1.74. The van der Waals surface area contributed by atoms with Crippen LogP contribution < -0.4 is 4.74 Å². The van der Waals surface area contributed by atoms with Gasteiger partial charge < -0.3 is 9.47 Å². The number of methoxy groups -OCH3 is 1. The van der Waals surface area contributed by atoms with Gasteiger partial charge >= 0.3 is 12.0 Å². The first kappa shape index (κ1) is 14.8. The Balaban J connectivity index is 1.97. The lowest BCUT2D eigenvalue weighted by Crippen LogP contribution is -2.06. The van der Waals surface area contributed by atoms with Crippen LogP contribution in [0.4, 0.5) is 0 Å². The van der Waals surface area contributed by atoms with E-state index >= 15 is 0 Å². The first-order valence-electron chi connectivity index (χ1n) is 6.61. The van der Waals surface area contributed by atoms with Crippen LogP contribution in [0.1, 0.15) is 13.3 Å². The molecule has 0 bridgehead atoms. The van der Waals surface area contributed by atoms with E-state index in [0.29, 0.717) is 12.0 Å². The van der Waals surface area contributed by atoms with E-state index < -0.39 is 0 Å². The SMILES string of the molecule is CC/C(=C/COc1ncn(-c2ccccc2)n1)C(=O)OC. The number of ether oxygens (including phenoxy) is 2. The predicted octanol–water partition coefficient (Wildman–Crippen LogP) is 2.16. The van der Waals surface area contributed by atoms with Gasteiger partial charge in [0.1, 0.15) is 12.9 Å². The topological polar surface area (TPSA) is 66.2 Å². The van der Waals surface area contributed by atoms with Crippen LogP contribution in [-0.2, 0) is 9.53 Å². The lowest BCUT2D eigenvalue weighted by Gasteiger charge is -2.02. The molecule has 0 aliphatic heterocycles. The van der Waals surface area contributed by atoms with Gasteiger partial charge in [-0.25, -0.2) is 9.48 Å². The zero-order valence-corrected chi connectivity index (χ0v) is 12.0. The molecule has 0 aliphatic rings. The first-order valence-corrected chi connectivity index (χ1v) is 6.61. The normalized spacial score (nSPS) is 11.2. The molecule has 2 aromatic rings. The number of hydrogen-bond acceptors (Lipinski definition) is 5. The van der Waals surface area contributed by atoms with Gasteiger partial charge in [-0.2, -0.15) is 4.98 Å². The number of hydrogen-bond donors (Lipinski definition) is 0. The molecule has 0 N–H and O–H groups in total. The van der Waals surface area contributed by atoms with Gasteiger partial charge in [0.05, 0.1) is 12.8 Å². The molecule has 1 aromatic carbocycles. The van der Waals surface area contributed by atoms with Gasteiger partial charge in [0.2, 0.25) is 0 Å². The minimum absolute atomic E-state index is 0.219. The Labute approximate surface area is 123 Å². The highest BCUT2D eigenvalue weighted by atomic mass is 16.5. The third kappa shape index (κ3) is 3.92. The van der Waals surface area contributed by atoms with Gasteiger partial charge in [0.15, 0.2) is 0 Å². The van der Waals surface area contributed by atoms with Crippen molar-refractivity contribution in [2.24, 2.45) is 0 Å². The highest BCUT2D eigenvalue weighted by molar-refractivity contribution is 5.88. The highest BCUT2D eigenvalue weighted by Crippen LogP contribution is 2.09. The van der Waals surface area contributed by atoms with Crippen molar-refractivity contribution in [3.63, 3.8) is 0 Å². The van der Waals surface area contributed by atoms with Crippen LogP contribution in [0, 0.1) is 0 Å². The zero-order valence-electron chi connectivity index (χ0n) is 12.0. The van der Waals surface area contributed by atoms with Crippen LogP contribution in [0.3, 0.4) is 0 Å². The van der Waals surface area contributed by atoms with E-state index in [2.05, 4.69) is 14.8 Å². The second-order valence-corrected chi connectivity index (χ2v) is 4.19. The van der Waals surface area contributed by atoms with Crippen LogP contribution in [0.25, 0.3) is 5.69 Å². The Morgan fingerprint density at radius 3 is 2.76 bits per heavy atom. The van der Waals surface area contributed by atoms with Gasteiger partial charge in [-0.3, -0.25) is 0 Å². The summed E-state index contributed by atoms with van der Waals surface area (Å²) >= 11 is 0. The summed E-state index contributed by atoms with van der Waals surface area (Å²) in [4.78, 5) is 15.5. The highest BCUT2D eigenvalue weighted by Gasteiger charge is 2.07. The fraction of sp³-hybridized carbons (Fsp3) is 0.267. The standard InChI is InChI=1S/C15H17N3O3/c1-3-12(14(19)20-2)9-10-21-15-16-11-18(17-15)13-7-5-4-6-8-13/h4-9,11H,3,10H2,1-2H3/b12-9-. The molecule has 0 radical (unpaired) electrons. The Kier molecular flexibility index (Phi) is 5.09. The Hall–Kier alpha value is -2.63. The summed E-state index contributed by atoms with van der Waals surface area (Å²) in [6.45, 7) is 2.10. The van der Waals surface area contributed by atoms with Gasteiger partial charge in [-0.05, 0) is 24.6 Å². The molecule has 110 valence electrons.